The van der Waals surface area contributed by atoms with Crippen LogP contribution in [-0.4, -0.2) is 39.0 Å². The molecule has 37 heavy (non-hydrogen) atoms. The zero-order valence-electron chi connectivity index (χ0n) is 18.4. The van der Waals surface area contributed by atoms with Gasteiger partial charge >= 0.3 is 5.00 Å². The number of carbonyl (C=O) groups is 1. The molecule has 3 heterocycles. The molecule has 2 aromatic carbocycles. The Morgan fingerprint density at radius 1 is 1.03 bits per heavy atom. The SMILES string of the molecule is O=C(Nc1nc(NS(=O)(=O)c2ccc(Cl)cc2)nc2c1cnn2-c1ccccc1)c1ccc([N+](=O)[O-])s1. The fraction of sp³-hybridized carbons (Fsp3) is 0. The third-order valence-corrected chi connectivity index (χ3v) is 7.64. The number of aromatic nitrogens is 4. The average Bonchev–Trinajstić information content (AvgIpc) is 3.53. The number of fused-ring (bicyclic) bond motifs is 1. The van der Waals surface area contributed by atoms with Crippen LogP contribution in [-0.2, 0) is 10.0 Å². The monoisotopic (exact) mass is 555 g/mol. The van der Waals surface area contributed by atoms with Gasteiger partial charge in [0.25, 0.3) is 15.9 Å². The molecule has 0 atom stereocenters. The Morgan fingerprint density at radius 2 is 1.76 bits per heavy atom. The molecule has 0 saturated carbocycles. The largest absolute Gasteiger partial charge is 0.324 e. The van der Waals surface area contributed by atoms with Gasteiger partial charge in [-0.05, 0) is 42.5 Å². The minimum absolute atomic E-state index is 0.0398. The molecular weight excluding hydrogens is 542 g/mol. The number of rotatable bonds is 7. The van der Waals surface area contributed by atoms with E-state index in [1.165, 1.54) is 47.3 Å². The maximum atomic E-state index is 13.0. The normalized spacial score (nSPS) is 11.4. The molecule has 0 aliphatic carbocycles. The van der Waals surface area contributed by atoms with Crippen LogP contribution in [0.5, 0.6) is 0 Å². The van der Waals surface area contributed by atoms with E-state index >= 15 is 0 Å². The number of amides is 1. The first-order valence-corrected chi connectivity index (χ1v) is 13.0. The first-order valence-electron chi connectivity index (χ1n) is 10.4. The summed E-state index contributed by atoms with van der Waals surface area (Å²) in [7, 11) is -4.11. The van der Waals surface area contributed by atoms with E-state index in [1.54, 1.807) is 24.3 Å². The highest BCUT2D eigenvalue weighted by Gasteiger charge is 2.22. The number of hydrogen-bond acceptors (Lipinski definition) is 9. The number of sulfonamides is 1. The number of benzene rings is 2. The first kappa shape index (κ1) is 24.3. The number of nitro groups is 1. The Balaban J connectivity index is 1.58. The van der Waals surface area contributed by atoms with Crippen molar-refractivity contribution in [2.75, 3.05) is 10.0 Å². The molecule has 0 aliphatic rings. The summed E-state index contributed by atoms with van der Waals surface area (Å²) >= 11 is 6.55. The molecule has 0 bridgehead atoms. The average molecular weight is 556 g/mol. The third kappa shape index (κ3) is 4.97. The van der Waals surface area contributed by atoms with Gasteiger partial charge in [-0.2, -0.15) is 15.1 Å². The lowest BCUT2D eigenvalue weighted by Gasteiger charge is -2.11. The summed E-state index contributed by atoms with van der Waals surface area (Å²) in [4.78, 5) is 31.8. The second kappa shape index (κ2) is 9.57. The number of halogens is 1. The van der Waals surface area contributed by atoms with Gasteiger partial charge in [0.05, 0.1) is 32.0 Å². The van der Waals surface area contributed by atoms with Crippen molar-refractivity contribution >= 4 is 66.7 Å². The number of nitrogens with zero attached hydrogens (tertiary/aromatic N) is 5. The number of para-hydroxylation sites is 1. The predicted octanol–water partition coefficient (Wildman–Crippen LogP) is 4.49. The molecule has 0 spiro atoms. The Bertz CT molecular complexity index is 1750. The van der Waals surface area contributed by atoms with E-state index in [0.717, 1.165) is 0 Å². The smallest absolute Gasteiger partial charge is 0.305 e. The lowest BCUT2D eigenvalue weighted by molar-refractivity contribution is -0.380. The number of anilines is 2. The highest BCUT2D eigenvalue weighted by atomic mass is 35.5. The van der Waals surface area contributed by atoms with Crippen LogP contribution in [0.2, 0.25) is 5.02 Å². The lowest BCUT2D eigenvalue weighted by atomic mass is 10.3. The summed E-state index contributed by atoms with van der Waals surface area (Å²) in [5, 5.41) is 18.4. The minimum Gasteiger partial charge on any atom is -0.305 e. The molecule has 1 amide bonds. The molecule has 0 aliphatic heterocycles. The van der Waals surface area contributed by atoms with E-state index in [4.69, 9.17) is 11.6 Å². The van der Waals surface area contributed by atoms with Gasteiger partial charge in [-0.1, -0.05) is 41.1 Å². The van der Waals surface area contributed by atoms with E-state index in [9.17, 15) is 23.3 Å². The second-order valence-electron chi connectivity index (χ2n) is 7.43. The number of nitrogens with one attached hydrogen (secondary N) is 2. The minimum atomic E-state index is -4.11. The van der Waals surface area contributed by atoms with Gasteiger partial charge in [-0.15, -0.1) is 0 Å². The number of carbonyl (C=O) groups excluding carboxylic acids is 1. The van der Waals surface area contributed by atoms with E-state index in [1.807, 2.05) is 6.07 Å². The van der Waals surface area contributed by atoms with Gasteiger partial charge in [0, 0.05) is 11.1 Å². The molecule has 0 radical (unpaired) electrons. The predicted molar refractivity (Wildman–Crippen MR) is 138 cm³/mol. The van der Waals surface area contributed by atoms with Gasteiger partial charge in [0.15, 0.2) is 5.65 Å². The van der Waals surface area contributed by atoms with E-state index in [0.29, 0.717) is 27.4 Å². The summed E-state index contributed by atoms with van der Waals surface area (Å²) in [6.45, 7) is 0. The topological polar surface area (TPSA) is 162 Å². The first-order chi connectivity index (χ1) is 17.7. The van der Waals surface area contributed by atoms with Crippen molar-refractivity contribution in [3.05, 3.63) is 92.9 Å². The molecule has 0 unspecified atom stereocenters. The van der Waals surface area contributed by atoms with Crippen molar-refractivity contribution in [1.82, 2.24) is 19.7 Å². The van der Waals surface area contributed by atoms with Crippen molar-refractivity contribution in [2.24, 2.45) is 0 Å². The van der Waals surface area contributed by atoms with Crippen molar-refractivity contribution < 1.29 is 18.1 Å². The Kier molecular flexibility index (Phi) is 6.29. The summed E-state index contributed by atoms with van der Waals surface area (Å²) in [5.41, 5.74) is 0.844. The fourth-order valence-electron chi connectivity index (χ4n) is 3.32. The Labute approximate surface area is 217 Å². The van der Waals surface area contributed by atoms with Crippen LogP contribution >= 0.6 is 22.9 Å². The van der Waals surface area contributed by atoms with Crippen LogP contribution in [0.4, 0.5) is 16.8 Å². The summed E-state index contributed by atoms with van der Waals surface area (Å²) in [6.07, 6.45) is 1.42. The molecule has 12 nitrogen and oxygen atoms in total. The van der Waals surface area contributed by atoms with Crippen molar-refractivity contribution in [3.63, 3.8) is 0 Å². The van der Waals surface area contributed by atoms with Crippen LogP contribution < -0.4 is 10.0 Å². The maximum Gasteiger partial charge on any atom is 0.324 e. The highest BCUT2D eigenvalue weighted by Crippen LogP contribution is 2.28. The number of hydrogen-bond donors (Lipinski definition) is 2. The standard InChI is InChI=1S/C22H14ClN7O5S2/c23-13-6-8-15(9-7-13)37(34,35)28-22-26-19(25-21(31)17-10-11-18(36-17)30(32)33)16-12-24-29(20(16)27-22)14-4-2-1-3-5-14/h1-12H,(H2,25,26,27,28,31). The van der Waals surface area contributed by atoms with Crippen LogP contribution in [0.3, 0.4) is 0 Å². The summed E-state index contributed by atoms with van der Waals surface area (Å²) in [6, 6.07) is 17.0. The molecule has 15 heteroatoms. The van der Waals surface area contributed by atoms with Gasteiger partial charge in [-0.25, -0.2) is 17.8 Å². The Hall–Kier alpha value is -4.40. The van der Waals surface area contributed by atoms with Crippen molar-refractivity contribution in [2.45, 2.75) is 4.90 Å². The summed E-state index contributed by atoms with van der Waals surface area (Å²) < 4.78 is 29.7. The second-order valence-corrected chi connectivity index (χ2v) is 10.6. The van der Waals surface area contributed by atoms with E-state index in [-0.39, 0.29) is 32.2 Å². The van der Waals surface area contributed by atoms with Gasteiger partial charge in [-0.3, -0.25) is 14.9 Å². The lowest BCUT2D eigenvalue weighted by Crippen LogP contribution is -2.17. The van der Waals surface area contributed by atoms with Crippen LogP contribution in [0, 0.1) is 10.1 Å². The molecule has 5 rings (SSSR count). The maximum absolute atomic E-state index is 13.0. The van der Waals surface area contributed by atoms with Crippen molar-refractivity contribution in [1.29, 1.82) is 0 Å². The van der Waals surface area contributed by atoms with Gasteiger partial charge in [0.1, 0.15) is 5.82 Å². The van der Waals surface area contributed by atoms with Gasteiger partial charge in [0.2, 0.25) is 5.95 Å². The number of thiophene rings is 1. The molecular formula is C22H14ClN7O5S2. The molecule has 3 aromatic heterocycles. The van der Waals surface area contributed by atoms with Crippen molar-refractivity contribution in [3.8, 4) is 5.69 Å². The zero-order valence-corrected chi connectivity index (χ0v) is 20.8. The van der Waals surface area contributed by atoms with Crippen LogP contribution in [0.15, 0.2) is 77.8 Å². The van der Waals surface area contributed by atoms with Gasteiger partial charge < -0.3 is 5.32 Å². The molecule has 5 aromatic rings. The molecule has 0 saturated heterocycles. The molecule has 0 fully saturated rings. The fourth-order valence-corrected chi connectivity index (χ4v) is 5.10. The third-order valence-electron chi connectivity index (χ3n) is 5.01. The molecule has 186 valence electrons. The Morgan fingerprint density at radius 3 is 2.43 bits per heavy atom. The quantitative estimate of drug-likeness (QED) is 0.219. The summed E-state index contributed by atoms with van der Waals surface area (Å²) in [5.74, 6) is -1.04. The molecule has 2 N–H and O–H groups in total. The zero-order chi connectivity index (χ0) is 26.2. The van der Waals surface area contributed by atoms with Crippen LogP contribution in [0.1, 0.15) is 9.67 Å². The van der Waals surface area contributed by atoms with Crippen LogP contribution in [0.25, 0.3) is 16.7 Å². The van der Waals surface area contributed by atoms with E-state index in [2.05, 4.69) is 25.1 Å². The van der Waals surface area contributed by atoms with E-state index < -0.39 is 20.9 Å². The highest BCUT2D eigenvalue weighted by molar-refractivity contribution is 7.92.